The molecule has 7 aromatic carbocycles. The number of nitrogens with zero attached hydrogens (tertiary/aromatic N) is 2. The van der Waals surface area contributed by atoms with E-state index in [0.717, 1.165) is 106 Å². The van der Waals surface area contributed by atoms with Gasteiger partial charge in [0.15, 0.2) is 0 Å². The van der Waals surface area contributed by atoms with E-state index in [0.29, 0.717) is 0 Å². The molecule has 3 aromatic heterocycles. The maximum Gasteiger partial charge on any atom is 0.0809 e. The molecule has 5 heterocycles. The summed E-state index contributed by atoms with van der Waals surface area (Å²) in [5.41, 5.74) is 22.5. The van der Waals surface area contributed by atoms with Gasteiger partial charge in [-0.05, 0) is 126 Å². The molecule has 4 nitrogen and oxygen atoms in total. The molecule has 404 valence electrons. The fourth-order valence-corrected chi connectivity index (χ4v) is 11.0. The van der Waals surface area contributed by atoms with E-state index in [1.807, 2.05) is 0 Å². The van der Waals surface area contributed by atoms with Gasteiger partial charge < -0.3 is 9.97 Å². The molecule has 2 aliphatic heterocycles. The van der Waals surface area contributed by atoms with Crippen LogP contribution < -0.4 is 0 Å². The Hall–Kier alpha value is -10.7. The van der Waals surface area contributed by atoms with Crippen molar-refractivity contribution in [3.63, 3.8) is 0 Å². The number of aromatic amines is 2. The third kappa shape index (κ3) is 12.0. The first-order valence-electron chi connectivity index (χ1n) is 28.7. The number of benzene rings is 7. The lowest BCUT2D eigenvalue weighted by atomic mass is 9.96. The molecule has 0 fully saturated rings. The Labute approximate surface area is 492 Å². The lowest BCUT2D eigenvalue weighted by molar-refractivity contribution is 1.30. The van der Waals surface area contributed by atoms with E-state index in [1.54, 1.807) is 0 Å². The van der Waals surface area contributed by atoms with Crippen LogP contribution >= 0.6 is 0 Å². The number of hydrogen-bond acceptors (Lipinski definition) is 2. The maximum absolute atomic E-state index is 5.70. The Morgan fingerprint density at radius 1 is 0.345 bits per heavy atom. The summed E-state index contributed by atoms with van der Waals surface area (Å²) in [6.45, 7) is 8.55. The summed E-state index contributed by atoms with van der Waals surface area (Å²) >= 11 is 0. The minimum atomic E-state index is 0.862. The van der Waals surface area contributed by atoms with Crippen LogP contribution in [0, 0.1) is 0 Å². The van der Waals surface area contributed by atoms with E-state index >= 15 is 0 Å². The molecular weight excluding hydrogens is 1020 g/mol. The molecule has 2 aliphatic rings. The second kappa shape index (κ2) is 25.0. The molecule has 84 heavy (non-hydrogen) atoms. The van der Waals surface area contributed by atoms with Crippen molar-refractivity contribution in [1.29, 1.82) is 0 Å². The smallest absolute Gasteiger partial charge is 0.0809 e. The zero-order valence-corrected chi connectivity index (χ0v) is 47.8. The van der Waals surface area contributed by atoms with Crippen LogP contribution in [-0.4, -0.2) is 19.9 Å². The average Bonchev–Trinajstić information content (AvgIpc) is 4.51. The Balaban J connectivity index is 0.867. The van der Waals surface area contributed by atoms with Crippen molar-refractivity contribution >= 4 is 73.5 Å². The van der Waals surface area contributed by atoms with Crippen molar-refractivity contribution in [2.24, 2.45) is 0 Å². The van der Waals surface area contributed by atoms with Gasteiger partial charge in [-0.25, -0.2) is 9.97 Å². The Kier molecular flexibility index (Phi) is 16.0. The van der Waals surface area contributed by atoms with Crippen molar-refractivity contribution in [3.8, 4) is 44.5 Å². The second-order valence-electron chi connectivity index (χ2n) is 21.3. The van der Waals surface area contributed by atoms with Crippen molar-refractivity contribution < 1.29 is 0 Å². The van der Waals surface area contributed by atoms with Crippen molar-refractivity contribution in [1.82, 2.24) is 19.9 Å². The quantitative estimate of drug-likeness (QED) is 0.0842. The van der Waals surface area contributed by atoms with Gasteiger partial charge in [0.2, 0.25) is 0 Å². The van der Waals surface area contributed by atoms with Gasteiger partial charge in [0, 0.05) is 49.9 Å². The third-order valence-electron chi connectivity index (χ3n) is 15.3. The van der Waals surface area contributed by atoms with Crippen molar-refractivity contribution in [3.05, 3.63) is 330 Å². The van der Waals surface area contributed by atoms with E-state index in [1.165, 1.54) is 38.3 Å². The first-order valence-corrected chi connectivity index (χ1v) is 28.7. The summed E-state index contributed by atoms with van der Waals surface area (Å²) in [6, 6.07) is 70.5. The minimum absolute atomic E-state index is 0.862. The van der Waals surface area contributed by atoms with Crippen LogP contribution in [0.3, 0.4) is 0 Å². The lowest BCUT2D eigenvalue weighted by Crippen LogP contribution is -1.90. The van der Waals surface area contributed by atoms with Crippen LogP contribution in [0.15, 0.2) is 301 Å². The largest absolute Gasteiger partial charge is 0.354 e. The first-order chi connectivity index (χ1) is 41.3. The monoisotopic (exact) mass is 1080 g/mol. The van der Waals surface area contributed by atoms with Crippen LogP contribution in [0.25, 0.3) is 118 Å². The van der Waals surface area contributed by atoms with Crippen LogP contribution in [0.2, 0.25) is 0 Å². The first kappa shape index (κ1) is 53.9. The molecule has 0 radical (unpaired) electrons. The number of H-pyrrole nitrogens is 2. The highest BCUT2D eigenvalue weighted by Gasteiger charge is 2.22. The van der Waals surface area contributed by atoms with Gasteiger partial charge in [0.1, 0.15) is 0 Å². The molecule has 2 N–H and O–H groups in total. The molecule has 12 rings (SSSR count). The molecule has 0 spiro atoms. The minimum Gasteiger partial charge on any atom is -0.354 e. The summed E-state index contributed by atoms with van der Waals surface area (Å²) in [4.78, 5) is 19.0. The molecule has 0 unspecified atom stereocenters. The molecule has 0 saturated heterocycles. The van der Waals surface area contributed by atoms with Crippen LogP contribution in [0.1, 0.15) is 56.0 Å². The van der Waals surface area contributed by atoms with E-state index in [-0.39, 0.29) is 0 Å². The van der Waals surface area contributed by atoms with E-state index < -0.39 is 0 Å². The van der Waals surface area contributed by atoms with Gasteiger partial charge >= 0.3 is 0 Å². The molecule has 10 aromatic rings. The van der Waals surface area contributed by atoms with Crippen LogP contribution in [0.5, 0.6) is 0 Å². The highest BCUT2D eigenvalue weighted by Crippen LogP contribution is 2.41. The predicted molar refractivity (Wildman–Crippen MR) is 362 cm³/mol. The zero-order chi connectivity index (χ0) is 57.2. The van der Waals surface area contributed by atoms with Crippen LogP contribution in [-0.2, 0) is 0 Å². The van der Waals surface area contributed by atoms with Gasteiger partial charge in [-0.2, -0.15) is 0 Å². The fourth-order valence-electron chi connectivity index (χ4n) is 11.0. The topological polar surface area (TPSA) is 57.4 Å². The van der Waals surface area contributed by atoms with E-state index in [4.69, 9.17) is 9.97 Å². The van der Waals surface area contributed by atoms with Crippen molar-refractivity contribution in [2.75, 3.05) is 0 Å². The number of hydrogen-bond donors (Lipinski definition) is 2. The standard InChI is InChI=1S/C80H64N4/c1-55(41-42-56(2)26-18-20-28-58(4)44-46-68-66-39-23-21-37-63(66)53-64-38-22-24-40-67(64)68)25-17-19-27-57(3)43-45-65-54-75-78(61-33-13-7-14-34-61)73-50-49-71(82-73)76(59-29-9-5-10-30-59)69-47-48-70(81-69)77(60-31-11-6-12-32-60)72-51-52-74(83-72)79(80(65)84-75)62-35-15-8-16-36-62/h5-54,82-83H,1-4H3/b19-17+,20-18+,42-41+,45-43-,46-44+,55-25+,56-26+,57-27+,58-28+,76-69?,76-71?,77-70?,77-72?,78-73?,78-75?,79-74?,80-79?. The van der Waals surface area contributed by atoms with Gasteiger partial charge in [-0.1, -0.05) is 277 Å². The highest BCUT2D eigenvalue weighted by atomic mass is 14.8. The highest BCUT2D eigenvalue weighted by molar-refractivity contribution is 6.07. The summed E-state index contributed by atoms with van der Waals surface area (Å²) in [6.07, 6.45) is 36.7. The molecule has 0 amide bonds. The Bertz CT molecular complexity index is 4590. The predicted octanol–water partition coefficient (Wildman–Crippen LogP) is 21.7. The van der Waals surface area contributed by atoms with Crippen molar-refractivity contribution in [2.45, 2.75) is 27.7 Å². The number of aromatic nitrogens is 4. The fraction of sp³-hybridized carbons (Fsp3) is 0.0500. The molecular formula is C80H64N4. The summed E-state index contributed by atoms with van der Waals surface area (Å²) in [5.74, 6) is 0. The number of nitrogens with one attached hydrogen (secondary N) is 2. The Morgan fingerprint density at radius 2 is 0.702 bits per heavy atom. The number of rotatable bonds is 14. The number of fused-ring (bicyclic) bond motifs is 10. The van der Waals surface area contributed by atoms with Gasteiger partial charge in [0.25, 0.3) is 0 Å². The zero-order valence-electron chi connectivity index (χ0n) is 47.8. The van der Waals surface area contributed by atoms with Gasteiger partial charge in [-0.15, -0.1) is 0 Å². The summed E-state index contributed by atoms with van der Waals surface area (Å²) < 4.78 is 0. The SMILES string of the molecule is CC(/C=C\C1=Cc2nc1c(-c1ccccc1)c1ccc([nH]1)c(-c1ccccc1)c1nc(c(-c3ccccc3)c3ccc([nH]3)c2-c2ccccc2)C=C1)=C\C=C\C=C(C)\C=C\C(C)=C\C=C\C=C(C)\C=C\c1c2ccccc2cc2ccccc12. The normalized spacial score (nSPS) is 13.5. The summed E-state index contributed by atoms with van der Waals surface area (Å²) in [7, 11) is 0. The lowest BCUT2D eigenvalue weighted by Gasteiger charge is -2.08. The van der Waals surface area contributed by atoms with E-state index in [2.05, 4.69) is 341 Å². The molecule has 4 heteroatoms. The molecule has 0 saturated carbocycles. The molecule has 0 atom stereocenters. The Morgan fingerprint density at radius 3 is 1.14 bits per heavy atom. The maximum atomic E-state index is 5.70. The molecule has 8 bridgehead atoms. The molecule has 0 aliphatic carbocycles. The van der Waals surface area contributed by atoms with E-state index in [9.17, 15) is 0 Å². The van der Waals surface area contributed by atoms with Gasteiger partial charge in [0.05, 0.1) is 22.8 Å². The third-order valence-corrected chi connectivity index (χ3v) is 15.3. The van der Waals surface area contributed by atoms with Gasteiger partial charge in [-0.3, -0.25) is 0 Å². The second-order valence-corrected chi connectivity index (χ2v) is 21.3. The summed E-state index contributed by atoms with van der Waals surface area (Å²) in [5, 5.41) is 5.04. The number of allylic oxidation sites excluding steroid dienone is 18. The average molecular weight is 1080 g/mol. The van der Waals surface area contributed by atoms with Crippen LogP contribution in [0.4, 0.5) is 0 Å².